The Morgan fingerprint density at radius 2 is 1.94 bits per heavy atom. The highest BCUT2D eigenvalue weighted by Gasteiger charge is 2.64. The lowest BCUT2D eigenvalue weighted by molar-refractivity contribution is -0.161. The van der Waals surface area contributed by atoms with Crippen molar-refractivity contribution in [3.05, 3.63) is 46.5 Å². The number of likely N-dealkylation sites (N-methyl/N-ethyl adjacent to an activating group) is 1. The fourth-order valence-corrected chi connectivity index (χ4v) is 6.59. The second-order valence-electron chi connectivity index (χ2n) is 13.0. The summed E-state index contributed by atoms with van der Waals surface area (Å²) in [6.45, 7) is 8.29. The molecule has 0 aromatic heterocycles. The van der Waals surface area contributed by atoms with Gasteiger partial charge < -0.3 is 38.6 Å². The summed E-state index contributed by atoms with van der Waals surface area (Å²) >= 11 is 6.71. The number of allylic oxidation sites excluding steroid dienone is 3. The molecule has 2 fully saturated rings. The van der Waals surface area contributed by atoms with Gasteiger partial charge >= 0.3 is 12.1 Å². The van der Waals surface area contributed by atoms with Crippen LogP contribution >= 0.6 is 11.6 Å². The molecule has 14 heteroatoms. The largest absolute Gasteiger partial charge is 0.495 e. The number of hydrogen-bond donors (Lipinski definition) is 2. The number of ether oxygens (including phenoxy) is 5. The van der Waals surface area contributed by atoms with Crippen molar-refractivity contribution < 1.29 is 48.0 Å². The molecule has 0 unspecified atom stereocenters. The van der Waals surface area contributed by atoms with Gasteiger partial charge in [-0.1, -0.05) is 42.3 Å². The number of hydrogen-bond acceptors (Lipinski definition) is 10. The molecule has 264 valence electrons. The van der Waals surface area contributed by atoms with Crippen molar-refractivity contribution >= 4 is 41.2 Å². The van der Waals surface area contributed by atoms with Crippen LogP contribution in [0, 0.1) is 5.92 Å². The molecule has 3 heterocycles. The fraction of sp³-hybridized carbons (Fsp3) is 0.588. The van der Waals surface area contributed by atoms with Crippen molar-refractivity contribution in [1.29, 1.82) is 0 Å². The van der Waals surface area contributed by atoms with Gasteiger partial charge in [-0.25, -0.2) is 9.59 Å². The number of anilines is 1. The third-order valence-corrected chi connectivity index (χ3v) is 10.0. The van der Waals surface area contributed by atoms with Crippen molar-refractivity contribution in [2.24, 2.45) is 5.92 Å². The topological polar surface area (TPSA) is 156 Å². The molecule has 4 rings (SSSR count). The van der Waals surface area contributed by atoms with E-state index in [-0.39, 0.29) is 23.8 Å². The average Bonchev–Trinajstić information content (AvgIpc) is 3.73. The van der Waals surface area contributed by atoms with Gasteiger partial charge in [-0.2, -0.15) is 0 Å². The van der Waals surface area contributed by atoms with Gasteiger partial charge in [-0.15, -0.1) is 0 Å². The maximum Gasteiger partial charge on any atom is 0.409 e. The van der Waals surface area contributed by atoms with Crippen LogP contribution in [-0.2, 0) is 39.8 Å². The molecule has 0 spiro atoms. The summed E-state index contributed by atoms with van der Waals surface area (Å²) in [7, 11) is 5.97. The zero-order chi connectivity index (χ0) is 35.7. The predicted molar refractivity (Wildman–Crippen MR) is 177 cm³/mol. The van der Waals surface area contributed by atoms with E-state index in [2.05, 4.69) is 5.32 Å². The molecule has 8 atom stereocenters. The molecule has 0 saturated carbocycles. The first-order valence-electron chi connectivity index (χ1n) is 15.8. The number of esters is 1. The molecule has 3 amide bonds. The van der Waals surface area contributed by atoms with E-state index in [0.717, 1.165) is 11.1 Å². The van der Waals surface area contributed by atoms with Crippen molar-refractivity contribution in [3.63, 3.8) is 0 Å². The average molecular weight is 692 g/mol. The number of epoxide rings is 1. The van der Waals surface area contributed by atoms with E-state index in [1.54, 1.807) is 45.2 Å². The van der Waals surface area contributed by atoms with E-state index < -0.39 is 65.7 Å². The number of benzene rings is 1. The molecular weight excluding hydrogens is 646 g/mol. The molecule has 2 N–H and O–H groups in total. The molecule has 4 bridgehead atoms. The van der Waals surface area contributed by atoms with Crippen LogP contribution in [0.4, 0.5) is 10.5 Å². The number of halogens is 1. The molecule has 3 aliphatic heterocycles. The minimum absolute atomic E-state index is 0.0436. The minimum Gasteiger partial charge on any atom is -0.495 e. The third-order valence-electron chi connectivity index (χ3n) is 9.63. The van der Waals surface area contributed by atoms with E-state index in [1.807, 2.05) is 13.0 Å². The Bertz CT molecular complexity index is 1500. The second-order valence-corrected chi connectivity index (χ2v) is 13.4. The fourth-order valence-electron chi connectivity index (χ4n) is 6.27. The van der Waals surface area contributed by atoms with Gasteiger partial charge in [0.1, 0.15) is 40.7 Å². The maximum absolute atomic E-state index is 14.0. The van der Waals surface area contributed by atoms with Gasteiger partial charge in [-0.05, 0) is 44.9 Å². The maximum atomic E-state index is 14.0. The summed E-state index contributed by atoms with van der Waals surface area (Å²) < 4.78 is 28.9. The Labute approximate surface area is 286 Å². The molecule has 2 saturated heterocycles. The number of nitrogens with one attached hydrogen (secondary N) is 1. The van der Waals surface area contributed by atoms with Crippen molar-refractivity contribution in [3.8, 4) is 5.75 Å². The zero-order valence-electron chi connectivity index (χ0n) is 28.9. The van der Waals surface area contributed by atoms with E-state index in [9.17, 15) is 24.3 Å². The predicted octanol–water partition coefficient (Wildman–Crippen LogP) is 3.53. The first-order valence-corrected chi connectivity index (χ1v) is 16.2. The highest BCUT2D eigenvalue weighted by atomic mass is 35.5. The van der Waals surface area contributed by atoms with Crippen molar-refractivity contribution in [1.82, 2.24) is 10.2 Å². The summed E-state index contributed by atoms with van der Waals surface area (Å²) in [5.41, 5.74) is -0.871. The Morgan fingerprint density at radius 1 is 1.25 bits per heavy atom. The van der Waals surface area contributed by atoms with Gasteiger partial charge in [0.15, 0.2) is 5.72 Å². The smallest absolute Gasteiger partial charge is 0.409 e. The van der Waals surface area contributed by atoms with Crippen LogP contribution in [0.5, 0.6) is 5.75 Å². The summed E-state index contributed by atoms with van der Waals surface area (Å²) in [6, 6.07) is 2.63. The lowest BCUT2D eigenvalue weighted by atomic mass is 9.83. The van der Waals surface area contributed by atoms with E-state index in [1.165, 1.54) is 44.9 Å². The zero-order valence-corrected chi connectivity index (χ0v) is 29.6. The van der Waals surface area contributed by atoms with Crippen molar-refractivity contribution in [2.45, 2.75) is 95.7 Å². The highest BCUT2D eigenvalue weighted by molar-refractivity contribution is 6.35. The number of methoxy groups -OCH3 is 2. The number of carbonyl (C=O) groups is 4. The molecule has 13 nitrogen and oxygen atoms in total. The number of carbonyl (C=O) groups excluding carboxylic acids is 4. The normalized spacial score (nSPS) is 31.4. The molecule has 1 aromatic carbocycles. The molecule has 0 aliphatic carbocycles. The Balaban J connectivity index is 1.80. The molecule has 3 aliphatic rings. The van der Waals surface area contributed by atoms with Gasteiger partial charge in [0.05, 0.1) is 25.3 Å². The summed E-state index contributed by atoms with van der Waals surface area (Å²) in [6.07, 6.45) is 1.02. The van der Waals surface area contributed by atoms with Gasteiger partial charge in [0.2, 0.25) is 11.8 Å². The Hall–Kier alpha value is -3.65. The molecule has 1 aromatic rings. The highest BCUT2D eigenvalue weighted by Crippen LogP contribution is 2.49. The number of rotatable bonds is 5. The number of nitrogens with zero attached hydrogens (tertiary/aromatic N) is 2. The first kappa shape index (κ1) is 37.2. The SMILES string of the molecule is COc1cc2cc(c1Cl)N(C)C(=O)C[C@H](OC(=O)[C@@H](C)N(C)C(C)=O)[C@]1(C)O[C@@H]1[C@H](C)[C@H]1C[C@](O)(NC(=O)O1)[C@H](OC)C=CC=C(C)C2. The number of amides is 3. The minimum atomic E-state index is -1.81. The summed E-state index contributed by atoms with van der Waals surface area (Å²) in [5.74, 6) is -1.63. The lowest BCUT2D eigenvalue weighted by Gasteiger charge is -2.42. The number of alkyl carbamates (subject to hydrolysis) is 1. The van der Waals surface area contributed by atoms with Gasteiger partial charge in [0.25, 0.3) is 0 Å². The quantitative estimate of drug-likeness (QED) is 0.346. The van der Waals surface area contributed by atoms with E-state index in [0.29, 0.717) is 17.9 Å². The monoisotopic (exact) mass is 691 g/mol. The number of aliphatic hydroxyl groups is 1. The van der Waals surface area contributed by atoms with Crippen LogP contribution in [0.1, 0.15) is 53.0 Å². The van der Waals surface area contributed by atoms with Crippen LogP contribution in [0.2, 0.25) is 5.02 Å². The Morgan fingerprint density at radius 3 is 2.56 bits per heavy atom. The van der Waals surface area contributed by atoms with Crippen LogP contribution in [0.25, 0.3) is 0 Å². The lowest BCUT2D eigenvalue weighted by Crippen LogP contribution is -2.63. The standard InChI is InChI=1S/C34H46ClN3O10/c1-18-11-10-12-26(45-9)34(43)17-25(46-32(42)36-34)19(2)30-33(5,48-30)27(47-31(41)20(3)37(6)21(4)39)16-28(40)38(7)23-14-22(13-18)15-24(44-8)29(23)35/h10-12,14-15,19-20,25-27,30,43H,13,16-17H2,1-9H3,(H,36,42)/t19-,20-,25-,26-,27+,30-,33+,34-/m1/s1. The summed E-state index contributed by atoms with van der Waals surface area (Å²) in [4.78, 5) is 54.7. The van der Waals surface area contributed by atoms with Crippen LogP contribution in [0.15, 0.2) is 35.9 Å². The van der Waals surface area contributed by atoms with Gasteiger partial charge in [0, 0.05) is 40.5 Å². The van der Waals surface area contributed by atoms with E-state index in [4.69, 9.17) is 35.3 Å². The number of fused-ring (bicyclic) bond motifs is 5. The third kappa shape index (κ3) is 7.64. The van der Waals surface area contributed by atoms with Crippen molar-refractivity contribution in [2.75, 3.05) is 33.2 Å². The first-order chi connectivity index (χ1) is 22.4. The van der Waals surface area contributed by atoms with Crippen LogP contribution in [0.3, 0.4) is 0 Å². The van der Waals surface area contributed by atoms with Crippen LogP contribution < -0.4 is 15.0 Å². The second kappa shape index (κ2) is 14.5. The Kier molecular flexibility index (Phi) is 11.2. The van der Waals surface area contributed by atoms with E-state index >= 15 is 0 Å². The van der Waals surface area contributed by atoms with Crippen LogP contribution in [-0.4, -0.2) is 104 Å². The molecular formula is C34H46ClN3O10. The van der Waals surface area contributed by atoms with Gasteiger partial charge in [-0.3, -0.25) is 14.9 Å². The molecule has 0 radical (unpaired) electrons. The summed E-state index contributed by atoms with van der Waals surface area (Å²) in [5, 5.41) is 14.4. The molecule has 48 heavy (non-hydrogen) atoms.